The molecule has 0 aliphatic heterocycles. The maximum atomic E-state index is 12.3. The molecule has 0 spiro atoms. The fraction of sp³-hybridized carbons (Fsp3) is 0.500. The monoisotopic (exact) mass is 399 g/mol. The van der Waals surface area contributed by atoms with Gasteiger partial charge in [0.05, 0.1) is 12.6 Å². The second kappa shape index (κ2) is 11.4. The number of rotatable bonds is 10. The zero-order valence-electron chi connectivity index (χ0n) is 16.7. The first kappa shape index (κ1) is 21.0. The lowest BCUT2D eigenvalue weighted by Gasteiger charge is -2.21. The predicted molar refractivity (Wildman–Crippen MR) is 110 cm³/mol. The highest BCUT2D eigenvalue weighted by Crippen LogP contribution is 2.20. The number of nitrogens with zero attached hydrogens (tertiary/aromatic N) is 2. The van der Waals surface area contributed by atoms with Crippen molar-refractivity contribution in [1.82, 2.24) is 15.1 Å². The standard InChI is InChI=1S/C22H29N3O4/c26-21-13-12-20(24-25(21)15-17-29-19-10-5-2-6-11-19)22(27)23-14-7-16-28-18-8-3-1-4-9-18/h2,5-6,10-13,18H,1,3-4,7-9,14-17H2,(H,23,27). The van der Waals surface area contributed by atoms with E-state index in [1.54, 1.807) is 0 Å². The molecule has 0 unspecified atom stereocenters. The van der Waals surface area contributed by atoms with Crippen LogP contribution in [0.15, 0.2) is 47.3 Å². The van der Waals surface area contributed by atoms with Gasteiger partial charge < -0.3 is 14.8 Å². The summed E-state index contributed by atoms with van der Waals surface area (Å²) in [7, 11) is 0. The number of para-hydroxylation sites is 1. The van der Waals surface area contributed by atoms with E-state index in [0.29, 0.717) is 25.9 Å². The van der Waals surface area contributed by atoms with Crippen LogP contribution in [0.5, 0.6) is 5.75 Å². The third kappa shape index (κ3) is 7.02. The number of carbonyl (C=O) groups is 1. The van der Waals surface area contributed by atoms with Gasteiger partial charge in [0.1, 0.15) is 18.1 Å². The van der Waals surface area contributed by atoms with Gasteiger partial charge in [-0.25, -0.2) is 4.68 Å². The van der Waals surface area contributed by atoms with Gasteiger partial charge in [0.15, 0.2) is 0 Å². The third-order valence-corrected chi connectivity index (χ3v) is 4.93. The fourth-order valence-corrected chi connectivity index (χ4v) is 3.34. The zero-order chi connectivity index (χ0) is 20.3. The quantitative estimate of drug-likeness (QED) is 0.621. The minimum Gasteiger partial charge on any atom is -0.492 e. The Morgan fingerprint density at radius 2 is 1.86 bits per heavy atom. The van der Waals surface area contributed by atoms with E-state index in [1.807, 2.05) is 30.3 Å². The van der Waals surface area contributed by atoms with Crippen LogP contribution in [-0.2, 0) is 11.3 Å². The highest BCUT2D eigenvalue weighted by atomic mass is 16.5. The Balaban J connectivity index is 1.40. The molecule has 0 saturated heterocycles. The molecule has 0 radical (unpaired) electrons. The predicted octanol–water partition coefficient (Wildman–Crippen LogP) is 2.79. The summed E-state index contributed by atoms with van der Waals surface area (Å²) in [6, 6.07) is 12.2. The van der Waals surface area contributed by atoms with Gasteiger partial charge >= 0.3 is 0 Å². The molecule has 3 rings (SSSR count). The van der Waals surface area contributed by atoms with Crippen LogP contribution in [0.2, 0.25) is 0 Å². The first-order valence-electron chi connectivity index (χ1n) is 10.4. The molecule has 1 saturated carbocycles. The Kier molecular flexibility index (Phi) is 8.25. The van der Waals surface area contributed by atoms with Gasteiger partial charge in [0.2, 0.25) is 0 Å². The van der Waals surface area contributed by atoms with Crippen LogP contribution >= 0.6 is 0 Å². The number of hydrogen-bond donors (Lipinski definition) is 1. The molecule has 7 nitrogen and oxygen atoms in total. The first-order valence-corrected chi connectivity index (χ1v) is 10.4. The molecule has 0 bridgehead atoms. The second-order valence-corrected chi connectivity index (χ2v) is 7.18. The molecule has 1 aliphatic carbocycles. The van der Waals surface area contributed by atoms with Gasteiger partial charge in [-0.05, 0) is 37.5 Å². The van der Waals surface area contributed by atoms with Crippen molar-refractivity contribution in [3.63, 3.8) is 0 Å². The maximum Gasteiger partial charge on any atom is 0.271 e. The molecule has 1 heterocycles. The van der Waals surface area contributed by atoms with E-state index >= 15 is 0 Å². The van der Waals surface area contributed by atoms with Gasteiger partial charge in [-0.3, -0.25) is 9.59 Å². The molecular weight excluding hydrogens is 370 g/mol. The molecule has 0 atom stereocenters. The molecular formula is C22H29N3O4. The number of aromatic nitrogens is 2. The molecule has 156 valence electrons. The van der Waals surface area contributed by atoms with Crippen LogP contribution in [0, 0.1) is 0 Å². The van der Waals surface area contributed by atoms with E-state index in [9.17, 15) is 9.59 Å². The number of carbonyl (C=O) groups excluding carboxylic acids is 1. The van der Waals surface area contributed by atoms with Crippen LogP contribution in [0.1, 0.15) is 49.0 Å². The largest absolute Gasteiger partial charge is 0.492 e. The van der Waals surface area contributed by atoms with Crippen LogP contribution in [0.3, 0.4) is 0 Å². The summed E-state index contributed by atoms with van der Waals surface area (Å²) in [5.41, 5.74) is -0.0448. The lowest BCUT2D eigenvalue weighted by Crippen LogP contribution is -2.31. The zero-order valence-corrected chi connectivity index (χ0v) is 16.7. The molecule has 1 aromatic heterocycles. The number of amides is 1. The van der Waals surface area contributed by atoms with Crippen molar-refractivity contribution in [2.45, 2.75) is 51.2 Å². The molecule has 1 fully saturated rings. The Hall–Kier alpha value is -2.67. The third-order valence-electron chi connectivity index (χ3n) is 4.93. The van der Waals surface area contributed by atoms with Gasteiger partial charge in [0, 0.05) is 19.2 Å². The van der Waals surface area contributed by atoms with Crippen molar-refractivity contribution in [2.75, 3.05) is 19.8 Å². The number of benzene rings is 1. The molecule has 1 N–H and O–H groups in total. The summed E-state index contributed by atoms with van der Waals surface area (Å²) < 4.78 is 12.7. The minimum atomic E-state index is -0.291. The summed E-state index contributed by atoms with van der Waals surface area (Å²) in [5, 5.41) is 6.99. The van der Waals surface area contributed by atoms with Crippen LogP contribution in [-0.4, -0.2) is 41.6 Å². The summed E-state index contributed by atoms with van der Waals surface area (Å²) in [4.78, 5) is 24.3. The SMILES string of the molecule is O=C(NCCCOC1CCCCC1)c1ccc(=O)n(CCOc2ccccc2)n1. The van der Waals surface area contributed by atoms with Gasteiger partial charge in [-0.1, -0.05) is 37.5 Å². The highest BCUT2D eigenvalue weighted by Gasteiger charge is 2.13. The highest BCUT2D eigenvalue weighted by molar-refractivity contribution is 5.91. The molecule has 2 aromatic rings. The minimum absolute atomic E-state index is 0.220. The van der Waals surface area contributed by atoms with Crippen molar-refractivity contribution < 1.29 is 14.3 Å². The molecule has 1 amide bonds. The number of nitrogens with one attached hydrogen (secondary N) is 1. The topological polar surface area (TPSA) is 82.5 Å². The Morgan fingerprint density at radius 3 is 2.66 bits per heavy atom. The fourth-order valence-electron chi connectivity index (χ4n) is 3.34. The smallest absolute Gasteiger partial charge is 0.271 e. The maximum absolute atomic E-state index is 12.3. The van der Waals surface area contributed by atoms with E-state index in [2.05, 4.69) is 10.4 Å². The second-order valence-electron chi connectivity index (χ2n) is 7.18. The van der Waals surface area contributed by atoms with Gasteiger partial charge in [-0.15, -0.1) is 0 Å². The van der Waals surface area contributed by atoms with Crippen molar-refractivity contribution in [3.8, 4) is 5.75 Å². The summed E-state index contributed by atoms with van der Waals surface area (Å²) in [6.45, 7) is 1.72. The molecule has 1 aromatic carbocycles. The van der Waals surface area contributed by atoms with E-state index < -0.39 is 0 Å². The molecule has 7 heteroatoms. The van der Waals surface area contributed by atoms with Gasteiger partial charge in [0.25, 0.3) is 11.5 Å². The average molecular weight is 399 g/mol. The average Bonchev–Trinajstić information content (AvgIpc) is 2.76. The molecule has 29 heavy (non-hydrogen) atoms. The summed E-state index contributed by atoms with van der Waals surface area (Å²) >= 11 is 0. The Labute approximate surface area is 171 Å². The van der Waals surface area contributed by atoms with Crippen LogP contribution < -0.4 is 15.6 Å². The van der Waals surface area contributed by atoms with E-state index in [-0.39, 0.29) is 23.7 Å². The van der Waals surface area contributed by atoms with Crippen LogP contribution in [0.25, 0.3) is 0 Å². The van der Waals surface area contributed by atoms with E-state index in [1.165, 1.54) is 36.1 Å². The van der Waals surface area contributed by atoms with E-state index in [0.717, 1.165) is 25.0 Å². The Bertz CT molecular complexity index is 816. The van der Waals surface area contributed by atoms with Crippen molar-refractivity contribution in [1.29, 1.82) is 0 Å². The lowest BCUT2D eigenvalue weighted by molar-refractivity contribution is 0.0273. The lowest BCUT2D eigenvalue weighted by atomic mass is 9.98. The van der Waals surface area contributed by atoms with Crippen molar-refractivity contribution in [2.24, 2.45) is 0 Å². The number of ether oxygens (including phenoxy) is 2. The number of hydrogen-bond acceptors (Lipinski definition) is 5. The summed E-state index contributed by atoms with van der Waals surface area (Å²) in [6.07, 6.45) is 7.23. The van der Waals surface area contributed by atoms with Gasteiger partial charge in [-0.2, -0.15) is 5.10 Å². The van der Waals surface area contributed by atoms with Crippen molar-refractivity contribution in [3.05, 3.63) is 58.5 Å². The van der Waals surface area contributed by atoms with Crippen molar-refractivity contribution >= 4 is 5.91 Å². The van der Waals surface area contributed by atoms with Crippen LogP contribution in [0.4, 0.5) is 0 Å². The Morgan fingerprint density at radius 1 is 1.07 bits per heavy atom. The summed E-state index contributed by atoms with van der Waals surface area (Å²) in [5.74, 6) is 0.435. The molecule has 1 aliphatic rings. The normalized spacial score (nSPS) is 14.5. The van der Waals surface area contributed by atoms with E-state index in [4.69, 9.17) is 9.47 Å². The first-order chi connectivity index (χ1) is 14.2.